The summed E-state index contributed by atoms with van der Waals surface area (Å²) >= 11 is 8.69. The van der Waals surface area contributed by atoms with Crippen molar-refractivity contribution in [3.05, 3.63) is 93.2 Å². The Morgan fingerprint density at radius 2 is 1.80 bits per heavy atom. The van der Waals surface area contributed by atoms with Crippen molar-refractivity contribution < 1.29 is 23.5 Å². The second-order valence-corrected chi connectivity index (χ2v) is 9.02. The summed E-state index contributed by atoms with van der Waals surface area (Å²) in [7, 11) is 1.49. The number of halogens is 2. The van der Waals surface area contributed by atoms with Gasteiger partial charge in [0.1, 0.15) is 18.0 Å². The molecule has 3 aromatic rings. The molecule has 1 aliphatic rings. The Bertz CT molecular complexity index is 1360. The van der Waals surface area contributed by atoms with E-state index >= 15 is 0 Å². The number of thiocarbonyl (C=S) groups is 1. The van der Waals surface area contributed by atoms with Gasteiger partial charge in [-0.25, -0.2) is 4.39 Å². The van der Waals surface area contributed by atoms with Crippen LogP contribution in [0, 0.1) is 12.7 Å². The van der Waals surface area contributed by atoms with E-state index in [1.165, 1.54) is 30.2 Å². The van der Waals surface area contributed by atoms with Crippen molar-refractivity contribution in [1.82, 2.24) is 5.32 Å². The second kappa shape index (κ2) is 10.4. The molecule has 0 radical (unpaired) electrons. The van der Waals surface area contributed by atoms with Crippen LogP contribution < -0.4 is 19.7 Å². The van der Waals surface area contributed by atoms with Crippen LogP contribution in [0.3, 0.4) is 0 Å². The highest BCUT2D eigenvalue weighted by molar-refractivity contribution is 9.10. The molecule has 0 unspecified atom stereocenters. The molecule has 178 valence electrons. The summed E-state index contributed by atoms with van der Waals surface area (Å²) < 4.78 is 25.2. The van der Waals surface area contributed by atoms with Crippen molar-refractivity contribution in [2.75, 3.05) is 12.0 Å². The number of anilines is 1. The molecule has 2 amide bonds. The number of hydrogen-bond acceptors (Lipinski definition) is 5. The first kappa shape index (κ1) is 24.6. The average molecular weight is 555 g/mol. The van der Waals surface area contributed by atoms with E-state index in [2.05, 4.69) is 21.2 Å². The molecule has 0 aliphatic carbocycles. The highest BCUT2D eigenvalue weighted by atomic mass is 79.9. The zero-order valence-electron chi connectivity index (χ0n) is 18.8. The maximum atomic E-state index is 13.3. The number of hydrogen-bond donors (Lipinski definition) is 1. The Hall–Kier alpha value is -3.56. The summed E-state index contributed by atoms with van der Waals surface area (Å²) in [5.74, 6) is -0.547. The average Bonchev–Trinajstić information content (AvgIpc) is 2.83. The lowest BCUT2D eigenvalue weighted by atomic mass is 10.1. The van der Waals surface area contributed by atoms with Crippen LogP contribution in [0.1, 0.15) is 16.7 Å². The maximum absolute atomic E-state index is 13.3. The number of nitrogens with zero attached hydrogens (tertiary/aromatic N) is 1. The van der Waals surface area contributed by atoms with Gasteiger partial charge in [0.05, 0.1) is 12.8 Å². The molecule has 0 saturated carbocycles. The minimum atomic E-state index is -0.582. The molecule has 0 spiro atoms. The van der Waals surface area contributed by atoms with Gasteiger partial charge in [-0.05, 0) is 84.4 Å². The maximum Gasteiger partial charge on any atom is 0.270 e. The Labute approximate surface area is 215 Å². The van der Waals surface area contributed by atoms with Crippen LogP contribution in [-0.4, -0.2) is 24.0 Å². The van der Waals surface area contributed by atoms with Crippen LogP contribution >= 0.6 is 28.1 Å². The van der Waals surface area contributed by atoms with Gasteiger partial charge in [-0.1, -0.05) is 34.1 Å². The zero-order valence-corrected chi connectivity index (χ0v) is 21.2. The molecule has 3 aromatic carbocycles. The van der Waals surface area contributed by atoms with E-state index in [-0.39, 0.29) is 23.1 Å². The Morgan fingerprint density at radius 1 is 1.06 bits per heavy atom. The molecule has 0 atom stereocenters. The van der Waals surface area contributed by atoms with E-state index in [0.717, 1.165) is 15.6 Å². The van der Waals surface area contributed by atoms with Crippen molar-refractivity contribution in [1.29, 1.82) is 0 Å². The predicted octanol–water partition coefficient (Wildman–Crippen LogP) is 5.32. The quantitative estimate of drug-likeness (QED) is 0.254. The molecule has 4 rings (SSSR count). The van der Waals surface area contributed by atoms with E-state index in [0.29, 0.717) is 22.7 Å². The number of ether oxygens (including phenoxy) is 2. The van der Waals surface area contributed by atoms with Crippen molar-refractivity contribution in [2.45, 2.75) is 13.5 Å². The molecule has 9 heteroatoms. The first-order valence-electron chi connectivity index (χ1n) is 10.5. The van der Waals surface area contributed by atoms with E-state index in [1.54, 1.807) is 42.5 Å². The molecule has 6 nitrogen and oxygen atoms in total. The van der Waals surface area contributed by atoms with Crippen LogP contribution in [0.4, 0.5) is 10.1 Å². The number of nitrogens with one attached hydrogen (secondary N) is 1. The topological polar surface area (TPSA) is 67.9 Å². The fourth-order valence-electron chi connectivity index (χ4n) is 3.55. The normalized spacial score (nSPS) is 14.8. The van der Waals surface area contributed by atoms with E-state index in [1.807, 2.05) is 13.0 Å². The fourth-order valence-corrected chi connectivity index (χ4v) is 4.30. The van der Waals surface area contributed by atoms with Gasteiger partial charge in [-0.2, -0.15) is 0 Å². The van der Waals surface area contributed by atoms with E-state index in [9.17, 15) is 14.0 Å². The van der Waals surface area contributed by atoms with Crippen LogP contribution in [-0.2, 0) is 16.2 Å². The summed E-state index contributed by atoms with van der Waals surface area (Å²) in [5.41, 5.74) is 2.69. The monoisotopic (exact) mass is 554 g/mol. The van der Waals surface area contributed by atoms with Gasteiger partial charge in [0.15, 0.2) is 16.6 Å². The zero-order chi connectivity index (χ0) is 25.1. The van der Waals surface area contributed by atoms with Crippen LogP contribution in [0.15, 0.2) is 70.7 Å². The molecule has 1 aliphatic heterocycles. The standard InChI is InChI=1S/C26H20BrFN2O4S/c1-15-11-18(27)6-9-21(15)30-25(32)20(24(31)29-26(30)35)12-17-5-10-22(23(13-17)33-2)34-14-16-3-7-19(28)8-4-16/h3-13H,14H2,1-2H3,(H,29,31,35)/b20-12+. The predicted molar refractivity (Wildman–Crippen MR) is 139 cm³/mol. The Morgan fingerprint density at radius 3 is 2.49 bits per heavy atom. The lowest BCUT2D eigenvalue weighted by molar-refractivity contribution is -0.122. The van der Waals surface area contributed by atoms with Crippen LogP contribution in [0.25, 0.3) is 6.08 Å². The van der Waals surface area contributed by atoms with Crippen molar-refractivity contribution in [3.8, 4) is 11.5 Å². The smallest absolute Gasteiger partial charge is 0.270 e. The molecule has 0 bridgehead atoms. The minimum Gasteiger partial charge on any atom is -0.493 e. The minimum absolute atomic E-state index is 0.0182. The lowest BCUT2D eigenvalue weighted by Gasteiger charge is -2.30. The number of carbonyl (C=O) groups excluding carboxylic acids is 2. The number of methoxy groups -OCH3 is 1. The lowest BCUT2D eigenvalue weighted by Crippen LogP contribution is -2.54. The number of benzene rings is 3. The van der Waals surface area contributed by atoms with Crippen molar-refractivity contribution in [2.24, 2.45) is 0 Å². The van der Waals surface area contributed by atoms with E-state index in [4.69, 9.17) is 21.7 Å². The fraction of sp³-hybridized carbons (Fsp3) is 0.115. The van der Waals surface area contributed by atoms with Crippen LogP contribution in [0.5, 0.6) is 11.5 Å². The molecule has 35 heavy (non-hydrogen) atoms. The first-order valence-corrected chi connectivity index (χ1v) is 11.7. The first-order chi connectivity index (χ1) is 16.8. The van der Waals surface area contributed by atoms with E-state index < -0.39 is 11.8 Å². The molecular weight excluding hydrogens is 535 g/mol. The summed E-state index contributed by atoms with van der Waals surface area (Å²) in [6.07, 6.45) is 1.48. The van der Waals surface area contributed by atoms with Crippen molar-refractivity contribution >= 4 is 56.8 Å². The third-order valence-electron chi connectivity index (χ3n) is 5.31. The van der Waals surface area contributed by atoms with Gasteiger partial charge in [0, 0.05) is 4.47 Å². The van der Waals surface area contributed by atoms with Gasteiger partial charge in [0.2, 0.25) is 0 Å². The molecule has 1 N–H and O–H groups in total. The highest BCUT2D eigenvalue weighted by Crippen LogP contribution is 2.31. The van der Waals surface area contributed by atoms with Gasteiger partial charge in [-0.3, -0.25) is 19.8 Å². The largest absolute Gasteiger partial charge is 0.493 e. The van der Waals surface area contributed by atoms with Crippen LogP contribution in [0.2, 0.25) is 0 Å². The molecule has 1 heterocycles. The second-order valence-electron chi connectivity index (χ2n) is 7.71. The summed E-state index contributed by atoms with van der Waals surface area (Å²) in [6.45, 7) is 2.07. The Kier molecular flexibility index (Phi) is 7.28. The SMILES string of the molecule is COc1cc(/C=C2\C(=O)NC(=S)N(c3ccc(Br)cc3C)C2=O)ccc1OCc1ccc(F)cc1. The summed E-state index contributed by atoms with van der Waals surface area (Å²) in [5, 5.41) is 2.61. The molecule has 0 aromatic heterocycles. The third kappa shape index (κ3) is 5.41. The molecular formula is C26H20BrFN2O4S. The Balaban J connectivity index is 1.60. The summed E-state index contributed by atoms with van der Waals surface area (Å²) in [4.78, 5) is 27.3. The number of aryl methyl sites for hydroxylation is 1. The molecule has 1 fully saturated rings. The van der Waals surface area contributed by atoms with Gasteiger partial charge < -0.3 is 9.47 Å². The number of rotatable bonds is 6. The third-order valence-corrected chi connectivity index (χ3v) is 6.09. The van der Waals surface area contributed by atoms with Gasteiger partial charge in [-0.15, -0.1) is 0 Å². The number of carbonyl (C=O) groups is 2. The highest BCUT2D eigenvalue weighted by Gasteiger charge is 2.35. The number of amides is 2. The van der Waals surface area contributed by atoms with Crippen molar-refractivity contribution in [3.63, 3.8) is 0 Å². The van der Waals surface area contributed by atoms with Gasteiger partial charge in [0.25, 0.3) is 11.8 Å². The summed E-state index contributed by atoms with van der Waals surface area (Å²) in [6, 6.07) is 16.5. The van der Waals surface area contributed by atoms with Gasteiger partial charge >= 0.3 is 0 Å². The molecule has 1 saturated heterocycles.